The van der Waals surface area contributed by atoms with Crippen molar-refractivity contribution in [2.45, 2.75) is 23.3 Å². The molecule has 0 aliphatic carbocycles. The summed E-state index contributed by atoms with van der Waals surface area (Å²) in [7, 11) is -8.28. The van der Waals surface area contributed by atoms with E-state index < -0.39 is 37.4 Å². The predicted octanol–water partition coefficient (Wildman–Crippen LogP) is 2.20. The minimum atomic E-state index is -4.48. The number of benzene rings is 2. The monoisotopic (exact) mass is 433 g/mol. The van der Waals surface area contributed by atoms with Gasteiger partial charge < -0.3 is 0 Å². The second-order valence-corrected chi connectivity index (χ2v) is 9.19. The molecule has 0 spiro atoms. The van der Waals surface area contributed by atoms with Crippen LogP contribution in [0.15, 0.2) is 59.5 Å². The highest BCUT2D eigenvalue weighted by Gasteiger charge is 2.48. The van der Waals surface area contributed by atoms with Crippen LogP contribution in [0, 0.1) is 0 Å². The van der Waals surface area contributed by atoms with Gasteiger partial charge in [-0.25, -0.2) is 8.42 Å². The van der Waals surface area contributed by atoms with Crippen molar-refractivity contribution in [3.63, 3.8) is 0 Å². The Labute approximate surface area is 162 Å². The molecular formula is C16H16ClNO7S2. The van der Waals surface area contributed by atoms with E-state index in [9.17, 15) is 21.6 Å². The van der Waals surface area contributed by atoms with E-state index in [0.29, 0.717) is 5.56 Å². The van der Waals surface area contributed by atoms with Crippen molar-refractivity contribution in [2.75, 3.05) is 0 Å². The highest BCUT2D eigenvalue weighted by molar-refractivity contribution is 7.89. The Morgan fingerprint density at radius 1 is 1.04 bits per heavy atom. The van der Waals surface area contributed by atoms with E-state index in [4.69, 9.17) is 9.39 Å². The second kappa shape index (κ2) is 7.66. The Morgan fingerprint density at radius 2 is 1.59 bits per heavy atom. The van der Waals surface area contributed by atoms with Crippen LogP contribution in [0.4, 0.5) is 0 Å². The molecule has 0 amide bonds. The molecule has 1 saturated heterocycles. The maximum atomic E-state index is 12.4. The van der Waals surface area contributed by atoms with E-state index in [0.717, 1.165) is 11.4 Å². The number of carbonyl (C=O) groups excluding carboxylic acids is 1. The third-order valence-corrected chi connectivity index (χ3v) is 6.65. The van der Waals surface area contributed by atoms with Gasteiger partial charge in [-0.05, 0) is 23.5 Å². The summed E-state index contributed by atoms with van der Waals surface area (Å²) in [5.74, 6) is -0.760. The quantitative estimate of drug-likeness (QED) is 0.421. The predicted molar refractivity (Wildman–Crippen MR) is 98.3 cm³/mol. The lowest BCUT2D eigenvalue weighted by Crippen LogP contribution is -2.26. The van der Waals surface area contributed by atoms with Crippen LogP contribution >= 0.6 is 12.4 Å². The molecule has 146 valence electrons. The average molecular weight is 434 g/mol. The number of carbonyl (C=O) groups is 1. The molecule has 3 unspecified atom stereocenters. The summed E-state index contributed by atoms with van der Waals surface area (Å²) >= 11 is 0. The summed E-state index contributed by atoms with van der Waals surface area (Å²) in [4.78, 5) is 17.3. The van der Waals surface area contributed by atoms with Crippen molar-refractivity contribution in [3.8, 4) is 0 Å². The molecule has 1 heterocycles. The Hall–Kier alpha value is -1.82. The van der Waals surface area contributed by atoms with Gasteiger partial charge in [0.2, 0.25) is 0 Å². The molecule has 1 N–H and O–H groups in total. The lowest BCUT2D eigenvalue weighted by atomic mass is 10.1. The number of Topliss-reactive ketones (excluding diaryl/α,β-unsaturated/α-hetero) is 1. The van der Waals surface area contributed by atoms with E-state index >= 15 is 0 Å². The van der Waals surface area contributed by atoms with Crippen molar-refractivity contribution in [2.24, 2.45) is 0 Å². The highest BCUT2D eigenvalue weighted by Crippen LogP contribution is 2.42. The summed E-state index contributed by atoms with van der Waals surface area (Å²) in [5, 5.41) is -1.58. The summed E-state index contributed by atoms with van der Waals surface area (Å²) in [5.41, 5.74) is 0.567. The standard InChI is InChI=1S/C16H15NO7S2.ClH/c1-11(26(21,22)23)15(18)12-7-9-13(10-8-12)16-17(24-16)25(19,20)14-5-3-2-4-6-14;/h2-11,16H,1H3,(H,21,22,23);1H. The van der Waals surface area contributed by atoms with Crippen molar-refractivity contribution >= 4 is 38.3 Å². The zero-order valence-electron chi connectivity index (χ0n) is 13.9. The van der Waals surface area contributed by atoms with Gasteiger partial charge in [-0.2, -0.15) is 8.42 Å². The minimum Gasteiger partial charge on any atom is -0.293 e. The number of sulfonamides is 1. The topological polar surface area (TPSA) is 121 Å². The van der Waals surface area contributed by atoms with Gasteiger partial charge in [0.05, 0.1) is 4.90 Å². The fraction of sp³-hybridized carbons (Fsp3) is 0.188. The first-order valence-corrected chi connectivity index (χ1v) is 10.4. The van der Waals surface area contributed by atoms with Crippen molar-refractivity contribution < 1.29 is 31.0 Å². The normalized spacial score (nSPS) is 20.4. The lowest BCUT2D eigenvalue weighted by molar-refractivity contribution is 0.0989. The largest absolute Gasteiger partial charge is 0.293 e. The van der Waals surface area contributed by atoms with Gasteiger partial charge in [0, 0.05) is 11.1 Å². The molecule has 1 fully saturated rings. The van der Waals surface area contributed by atoms with E-state index in [1.165, 1.54) is 36.4 Å². The Kier molecular flexibility index (Phi) is 6.10. The second-order valence-electron chi connectivity index (χ2n) is 5.67. The van der Waals surface area contributed by atoms with Gasteiger partial charge in [-0.3, -0.25) is 14.2 Å². The van der Waals surface area contributed by atoms with E-state index in [1.807, 2.05) is 0 Å². The molecule has 0 saturated carbocycles. The van der Waals surface area contributed by atoms with Crippen molar-refractivity contribution in [1.82, 2.24) is 4.47 Å². The molecule has 11 heteroatoms. The van der Waals surface area contributed by atoms with Crippen LogP contribution in [0.5, 0.6) is 0 Å². The zero-order chi connectivity index (χ0) is 19.1. The molecule has 2 aromatic rings. The van der Waals surface area contributed by atoms with E-state index in [2.05, 4.69) is 0 Å². The zero-order valence-corrected chi connectivity index (χ0v) is 16.4. The summed E-state index contributed by atoms with van der Waals surface area (Å²) < 4.78 is 56.7. The molecular weight excluding hydrogens is 418 g/mol. The lowest BCUT2D eigenvalue weighted by Gasteiger charge is -2.07. The first kappa shape index (κ1) is 21.5. The van der Waals surface area contributed by atoms with E-state index in [1.54, 1.807) is 18.2 Å². The molecule has 8 nitrogen and oxygen atoms in total. The smallest absolute Gasteiger partial charge is 0.275 e. The molecule has 27 heavy (non-hydrogen) atoms. The van der Waals surface area contributed by atoms with Crippen LogP contribution in [0.3, 0.4) is 0 Å². The first-order chi connectivity index (χ1) is 12.1. The van der Waals surface area contributed by atoms with Gasteiger partial charge >= 0.3 is 0 Å². The number of nitrogens with zero attached hydrogens (tertiary/aromatic N) is 1. The number of hydrogen-bond donors (Lipinski definition) is 1. The first-order valence-electron chi connectivity index (χ1n) is 7.49. The molecule has 0 radical (unpaired) electrons. The number of hydrogen-bond acceptors (Lipinski definition) is 6. The fourth-order valence-corrected chi connectivity index (χ4v) is 4.00. The average Bonchev–Trinajstić information content (AvgIpc) is 3.42. The molecule has 1 aliphatic rings. The highest BCUT2D eigenvalue weighted by atomic mass is 35.5. The van der Waals surface area contributed by atoms with Gasteiger partial charge in [-0.1, -0.05) is 42.5 Å². The summed E-state index contributed by atoms with van der Waals surface area (Å²) in [6, 6.07) is 13.4. The third kappa shape index (κ3) is 4.37. The molecule has 3 atom stereocenters. The Morgan fingerprint density at radius 3 is 2.11 bits per heavy atom. The number of halogens is 1. The molecule has 2 aromatic carbocycles. The van der Waals surface area contributed by atoms with Crippen LogP contribution < -0.4 is 0 Å². The molecule has 0 aromatic heterocycles. The van der Waals surface area contributed by atoms with Gasteiger partial charge in [0.25, 0.3) is 20.1 Å². The number of hydroxylamine groups is 1. The third-order valence-electron chi connectivity index (χ3n) is 3.92. The molecule has 1 aliphatic heterocycles. The van der Waals surface area contributed by atoms with E-state index in [-0.39, 0.29) is 22.9 Å². The maximum absolute atomic E-state index is 12.4. The minimum absolute atomic E-state index is 0. The summed E-state index contributed by atoms with van der Waals surface area (Å²) in [6.07, 6.45) is -0.816. The van der Waals surface area contributed by atoms with Crippen LogP contribution in [0.2, 0.25) is 0 Å². The number of rotatable bonds is 6. The van der Waals surface area contributed by atoms with Crippen LogP contribution in [0.25, 0.3) is 0 Å². The van der Waals surface area contributed by atoms with Crippen LogP contribution in [-0.4, -0.2) is 36.9 Å². The van der Waals surface area contributed by atoms with Crippen molar-refractivity contribution in [1.29, 1.82) is 0 Å². The van der Waals surface area contributed by atoms with Crippen LogP contribution in [0.1, 0.15) is 29.1 Å². The Bertz CT molecular complexity index is 1040. The SMILES string of the molecule is CC(C(=O)c1ccc(C2ON2S(=O)(=O)c2ccccc2)cc1)S(=O)(=O)O.Cl. The van der Waals surface area contributed by atoms with Gasteiger partial charge in [0.1, 0.15) is 5.25 Å². The van der Waals surface area contributed by atoms with Gasteiger partial charge in [0.15, 0.2) is 12.0 Å². The van der Waals surface area contributed by atoms with Crippen molar-refractivity contribution in [3.05, 3.63) is 65.7 Å². The van der Waals surface area contributed by atoms with Crippen LogP contribution in [-0.2, 0) is 25.0 Å². The Balaban J connectivity index is 0.00000261. The summed E-state index contributed by atoms with van der Waals surface area (Å²) in [6.45, 7) is 1.09. The molecule has 3 rings (SSSR count). The maximum Gasteiger partial charge on any atom is 0.275 e. The fourth-order valence-electron chi connectivity index (χ4n) is 2.31. The number of ketones is 1. The van der Waals surface area contributed by atoms with Gasteiger partial charge in [-0.15, -0.1) is 12.4 Å². The molecule has 0 bridgehead atoms.